The van der Waals surface area contributed by atoms with Gasteiger partial charge in [-0.1, -0.05) is 13.8 Å². The zero-order valence-corrected chi connectivity index (χ0v) is 12.7. The van der Waals surface area contributed by atoms with Crippen LogP contribution in [0.2, 0.25) is 0 Å². The third kappa shape index (κ3) is 8.03. The van der Waals surface area contributed by atoms with E-state index in [1.165, 1.54) is 0 Å². The molecule has 2 N–H and O–H groups in total. The first kappa shape index (κ1) is 17.8. The predicted molar refractivity (Wildman–Crippen MR) is 77.0 cm³/mol. The Hall–Kier alpha value is -0.160. The number of hydrogen-bond donors (Lipinski definition) is 2. The molecule has 0 aliphatic carbocycles. The Kier molecular flexibility index (Phi) is 10.6. The SMILES string of the molecule is CCCNC(C)(CO)CCN(CC)CCOCC. The molecule has 4 heteroatoms. The van der Waals surface area contributed by atoms with Gasteiger partial charge in [0.25, 0.3) is 0 Å². The Morgan fingerprint density at radius 3 is 2.44 bits per heavy atom. The molecule has 0 spiro atoms. The number of ether oxygens (including phenoxy) is 1. The van der Waals surface area contributed by atoms with Gasteiger partial charge in [0.1, 0.15) is 0 Å². The molecule has 0 heterocycles. The second-order valence-corrected chi connectivity index (χ2v) is 5.03. The van der Waals surface area contributed by atoms with E-state index in [1.807, 2.05) is 6.92 Å². The summed E-state index contributed by atoms with van der Waals surface area (Å²) in [6, 6.07) is 0. The molecule has 110 valence electrons. The molecule has 0 aromatic heterocycles. The van der Waals surface area contributed by atoms with Crippen LogP contribution in [0.1, 0.15) is 40.5 Å². The molecule has 4 nitrogen and oxygen atoms in total. The van der Waals surface area contributed by atoms with Crippen LogP contribution in [0.5, 0.6) is 0 Å². The molecule has 0 amide bonds. The summed E-state index contributed by atoms with van der Waals surface area (Å²) >= 11 is 0. The van der Waals surface area contributed by atoms with Crippen molar-refractivity contribution in [2.75, 3.05) is 46.0 Å². The van der Waals surface area contributed by atoms with Crippen molar-refractivity contribution in [2.45, 2.75) is 46.1 Å². The number of aliphatic hydroxyl groups is 1. The first-order valence-corrected chi connectivity index (χ1v) is 7.27. The van der Waals surface area contributed by atoms with Gasteiger partial charge in [0.05, 0.1) is 13.2 Å². The minimum absolute atomic E-state index is 0.158. The van der Waals surface area contributed by atoms with Gasteiger partial charge in [0.15, 0.2) is 0 Å². The molecule has 1 unspecified atom stereocenters. The average Bonchev–Trinajstić information content (AvgIpc) is 2.40. The van der Waals surface area contributed by atoms with Crippen LogP contribution in [0, 0.1) is 0 Å². The summed E-state index contributed by atoms with van der Waals surface area (Å²) in [4.78, 5) is 2.37. The van der Waals surface area contributed by atoms with Gasteiger partial charge >= 0.3 is 0 Å². The molecule has 0 radical (unpaired) electrons. The Bertz CT molecular complexity index is 191. The van der Waals surface area contributed by atoms with Gasteiger partial charge in [-0.15, -0.1) is 0 Å². The summed E-state index contributed by atoms with van der Waals surface area (Å²) in [5, 5.41) is 12.9. The summed E-state index contributed by atoms with van der Waals surface area (Å²) in [7, 11) is 0. The van der Waals surface area contributed by atoms with E-state index in [4.69, 9.17) is 4.74 Å². The Labute approximate surface area is 113 Å². The van der Waals surface area contributed by atoms with E-state index in [0.29, 0.717) is 0 Å². The lowest BCUT2D eigenvalue weighted by atomic mass is 9.98. The van der Waals surface area contributed by atoms with Gasteiger partial charge in [0.2, 0.25) is 0 Å². The number of aliphatic hydroxyl groups excluding tert-OH is 1. The average molecular weight is 260 g/mol. The fraction of sp³-hybridized carbons (Fsp3) is 1.00. The highest BCUT2D eigenvalue weighted by molar-refractivity contribution is 4.83. The molecule has 0 saturated heterocycles. The van der Waals surface area contributed by atoms with Crippen molar-refractivity contribution in [1.82, 2.24) is 10.2 Å². The molecule has 0 aliphatic heterocycles. The van der Waals surface area contributed by atoms with Crippen LogP contribution >= 0.6 is 0 Å². The number of rotatable bonds is 12. The number of hydrogen-bond acceptors (Lipinski definition) is 4. The molecule has 0 rings (SSSR count). The minimum Gasteiger partial charge on any atom is -0.394 e. The first-order valence-electron chi connectivity index (χ1n) is 7.27. The summed E-state index contributed by atoms with van der Waals surface area (Å²) < 4.78 is 5.38. The Morgan fingerprint density at radius 2 is 1.94 bits per heavy atom. The van der Waals surface area contributed by atoms with Gasteiger partial charge in [-0.2, -0.15) is 0 Å². The molecule has 0 bridgehead atoms. The van der Waals surface area contributed by atoms with Crippen molar-refractivity contribution in [1.29, 1.82) is 0 Å². The van der Waals surface area contributed by atoms with Crippen LogP contribution in [0.3, 0.4) is 0 Å². The maximum absolute atomic E-state index is 9.51. The zero-order valence-electron chi connectivity index (χ0n) is 12.7. The largest absolute Gasteiger partial charge is 0.394 e. The van der Waals surface area contributed by atoms with Crippen LogP contribution < -0.4 is 5.32 Å². The number of likely N-dealkylation sites (N-methyl/N-ethyl adjacent to an activating group) is 1. The van der Waals surface area contributed by atoms with Crippen molar-refractivity contribution in [3.05, 3.63) is 0 Å². The van der Waals surface area contributed by atoms with Gasteiger partial charge in [0, 0.05) is 25.2 Å². The van der Waals surface area contributed by atoms with Crippen LogP contribution in [0.4, 0.5) is 0 Å². The fourth-order valence-electron chi connectivity index (χ4n) is 1.82. The van der Waals surface area contributed by atoms with Crippen LogP contribution in [-0.2, 0) is 4.74 Å². The van der Waals surface area contributed by atoms with E-state index >= 15 is 0 Å². The topological polar surface area (TPSA) is 44.7 Å². The molecule has 0 aliphatic rings. The lowest BCUT2D eigenvalue weighted by Crippen LogP contribution is -2.48. The highest BCUT2D eigenvalue weighted by Crippen LogP contribution is 2.10. The number of nitrogens with one attached hydrogen (secondary N) is 1. The summed E-state index contributed by atoms with van der Waals surface area (Å²) in [5.41, 5.74) is -0.158. The van der Waals surface area contributed by atoms with E-state index in [9.17, 15) is 5.11 Å². The normalized spacial score (nSPS) is 15.0. The molecular formula is C14H32N2O2. The highest BCUT2D eigenvalue weighted by atomic mass is 16.5. The molecule has 0 aromatic carbocycles. The van der Waals surface area contributed by atoms with Gasteiger partial charge < -0.3 is 20.1 Å². The van der Waals surface area contributed by atoms with Crippen LogP contribution in [0.15, 0.2) is 0 Å². The standard InChI is InChI=1S/C14H32N2O2/c1-5-9-15-14(4,13-17)8-10-16(6-2)11-12-18-7-3/h15,17H,5-13H2,1-4H3. The zero-order chi connectivity index (χ0) is 13.9. The second-order valence-electron chi connectivity index (χ2n) is 5.03. The molecule has 18 heavy (non-hydrogen) atoms. The molecule has 0 saturated carbocycles. The van der Waals surface area contributed by atoms with Crippen molar-refractivity contribution < 1.29 is 9.84 Å². The van der Waals surface area contributed by atoms with Crippen molar-refractivity contribution in [3.8, 4) is 0 Å². The van der Waals surface area contributed by atoms with Crippen LogP contribution in [-0.4, -0.2) is 61.5 Å². The Morgan fingerprint density at radius 1 is 1.22 bits per heavy atom. The second kappa shape index (κ2) is 10.7. The molecule has 1 atom stereocenters. The quantitative estimate of drug-likeness (QED) is 0.522. The van der Waals surface area contributed by atoms with E-state index in [-0.39, 0.29) is 12.1 Å². The van der Waals surface area contributed by atoms with Crippen molar-refractivity contribution in [2.24, 2.45) is 0 Å². The molecule has 0 fully saturated rings. The summed E-state index contributed by atoms with van der Waals surface area (Å²) in [6.45, 7) is 14.2. The van der Waals surface area contributed by atoms with Gasteiger partial charge in [-0.3, -0.25) is 0 Å². The highest BCUT2D eigenvalue weighted by Gasteiger charge is 2.22. The van der Waals surface area contributed by atoms with Gasteiger partial charge in [-0.05, 0) is 39.8 Å². The summed E-state index contributed by atoms with van der Waals surface area (Å²) in [6.07, 6.45) is 2.06. The molecular weight excluding hydrogens is 228 g/mol. The van der Waals surface area contributed by atoms with E-state index < -0.39 is 0 Å². The lowest BCUT2D eigenvalue weighted by Gasteiger charge is -2.31. The third-order valence-corrected chi connectivity index (χ3v) is 3.33. The monoisotopic (exact) mass is 260 g/mol. The number of nitrogens with zero attached hydrogens (tertiary/aromatic N) is 1. The van der Waals surface area contributed by atoms with Crippen molar-refractivity contribution in [3.63, 3.8) is 0 Å². The first-order chi connectivity index (χ1) is 8.61. The Balaban J connectivity index is 3.98. The predicted octanol–water partition coefficient (Wildman–Crippen LogP) is 1.49. The smallest absolute Gasteiger partial charge is 0.0611 e. The van der Waals surface area contributed by atoms with Crippen molar-refractivity contribution >= 4 is 0 Å². The van der Waals surface area contributed by atoms with E-state index in [1.54, 1.807) is 0 Å². The van der Waals surface area contributed by atoms with E-state index in [2.05, 4.69) is 31.0 Å². The maximum atomic E-state index is 9.51. The van der Waals surface area contributed by atoms with Gasteiger partial charge in [-0.25, -0.2) is 0 Å². The van der Waals surface area contributed by atoms with E-state index in [0.717, 1.165) is 52.2 Å². The third-order valence-electron chi connectivity index (χ3n) is 3.33. The lowest BCUT2D eigenvalue weighted by molar-refractivity contribution is 0.103. The molecule has 0 aromatic rings. The summed E-state index contributed by atoms with van der Waals surface area (Å²) in [5.74, 6) is 0. The maximum Gasteiger partial charge on any atom is 0.0611 e. The minimum atomic E-state index is -0.158. The fourth-order valence-corrected chi connectivity index (χ4v) is 1.82. The van der Waals surface area contributed by atoms with Crippen LogP contribution in [0.25, 0.3) is 0 Å².